The lowest BCUT2D eigenvalue weighted by atomic mass is 10.1. The first-order valence-corrected chi connectivity index (χ1v) is 10.1. The first-order valence-electron chi connectivity index (χ1n) is 9.31. The molecule has 1 aromatic carbocycles. The Morgan fingerprint density at radius 2 is 1.81 bits per heavy atom. The maximum Gasteiger partial charge on any atom is 0.242 e. The lowest BCUT2D eigenvalue weighted by Gasteiger charge is -2.35. The van der Waals surface area contributed by atoms with Crippen molar-refractivity contribution in [3.8, 4) is 0 Å². The lowest BCUT2D eigenvalue weighted by molar-refractivity contribution is -0.145. The molecule has 4 rings (SSSR count). The maximum absolute atomic E-state index is 12.5. The molecule has 2 aliphatic heterocycles. The van der Waals surface area contributed by atoms with E-state index >= 15 is 0 Å². The fourth-order valence-corrected chi connectivity index (χ4v) is 4.66. The largest absolute Gasteiger partial charge is 0.345 e. The number of para-hydroxylation sites is 1. The van der Waals surface area contributed by atoms with Crippen LogP contribution in [0.3, 0.4) is 0 Å². The average Bonchev–Trinajstić information content (AvgIpc) is 3.26. The highest BCUT2D eigenvalue weighted by atomic mass is 32.1. The molecule has 2 aliphatic rings. The normalized spacial score (nSPS) is 18.0. The third-order valence-corrected chi connectivity index (χ3v) is 6.30. The molecule has 2 fully saturated rings. The van der Waals surface area contributed by atoms with Gasteiger partial charge in [0.1, 0.15) is 6.54 Å². The first kappa shape index (κ1) is 17.9. The predicted octanol–water partition coefficient (Wildman–Crippen LogP) is 1.66. The lowest BCUT2D eigenvalue weighted by Crippen LogP contribution is -2.51. The van der Waals surface area contributed by atoms with Gasteiger partial charge in [0.2, 0.25) is 17.7 Å². The van der Waals surface area contributed by atoms with E-state index in [1.54, 1.807) is 16.2 Å². The second kappa shape index (κ2) is 7.26. The topological polar surface area (TPSA) is 73.8 Å². The summed E-state index contributed by atoms with van der Waals surface area (Å²) in [5, 5.41) is 0.989. The van der Waals surface area contributed by atoms with E-state index in [2.05, 4.69) is 30.0 Å². The quantitative estimate of drug-likeness (QED) is 0.747. The molecule has 0 saturated carbocycles. The van der Waals surface area contributed by atoms with Crippen molar-refractivity contribution in [2.75, 3.05) is 37.6 Å². The van der Waals surface area contributed by atoms with Crippen LogP contribution in [0.5, 0.6) is 0 Å². The number of piperazine rings is 1. The molecule has 3 amide bonds. The molecule has 142 valence electrons. The van der Waals surface area contributed by atoms with Crippen LogP contribution in [0.2, 0.25) is 0 Å². The number of carbonyl (C=O) groups is 3. The number of benzene rings is 1. The highest BCUT2D eigenvalue weighted by Gasteiger charge is 2.32. The van der Waals surface area contributed by atoms with E-state index in [1.165, 1.54) is 10.3 Å². The van der Waals surface area contributed by atoms with Gasteiger partial charge in [0.25, 0.3) is 0 Å². The van der Waals surface area contributed by atoms with Crippen molar-refractivity contribution in [2.45, 2.75) is 26.2 Å². The van der Waals surface area contributed by atoms with Gasteiger partial charge in [-0.25, -0.2) is 4.98 Å². The highest BCUT2D eigenvalue weighted by molar-refractivity contribution is 7.22. The fraction of sp³-hybridized carbons (Fsp3) is 0.474. The Balaban J connectivity index is 1.39. The number of anilines is 1. The monoisotopic (exact) mass is 386 g/mol. The van der Waals surface area contributed by atoms with Crippen LogP contribution in [-0.4, -0.2) is 65.2 Å². The van der Waals surface area contributed by atoms with Crippen molar-refractivity contribution in [1.82, 2.24) is 14.8 Å². The Morgan fingerprint density at radius 3 is 2.48 bits per heavy atom. The van der Waals surface area contributed by atoms with Crippen molar-refractivity contribution >= 4 is 44.4 Å². The number of hydrogen-bond acceptors (Lipinski definition) is 6. The smallest absolute Gasteiger partial charge is 0.242 e. The molecule has 2 aromatic rings. The Labute approximate surface area is 161 Å². The van der Waals surface area contributed by atoms with Crippen LogP contribution in [0.1, 0.15) is 25.3 Å². The summed E-state index contributed by atoms with van der Waals surface area (Å²) in [5.74, 6) is -0.641. The van der Waals surface area contributed by atoms with Gasteiger partial charge in [-0.1, -0.05) is 30.4 Å². The standard InChI is InChI=1S/C19H22N4O3S/c1-2-13-4-3-5-14-18(13)20-19(27-14)22-10-8-21(9-11-22)17(26)12-23-15(24)6-7-16(23)25/h3-5H,2,6-12H2,1H3. The van der Waals surface area contributed by atoms with E-state index in [0.717, 1.165) is 22.0 Å². The summed E-state index contributed by atoms with van der Waals surface area (Å²) < 4.78 is 1.19. The first-order chi connectivity index (χ1) is 13.1. The zero-order valence-electron chi connectivity index (χ0n) is 15.3. The van der Waals surface area contributed by atoms with Gasteiger partial charge in [-0.3, -0.25) is 19.3 Å². The molecule has 0 radical (unpaired) electrons. The van der Waals surface area contributed by atoms with Crippen molar-refractivity contribution in [2.24, 2.45) is 0 Å². The Hall–Kier alpha value is -2.48. The van der Waals surface area contributed by atoms with Crippen LogP contribution >= 0.6 is 11.3 Å². The minimum Gasteiger partial charge on any atom is -0.345 e. The molecule has 2 saturated heterocycles. The number of imide groups is 1. The molecule has 0 atom stereocenters. The van der Waals surface area contributed by atoms with Gasteiger partial charge in [-0.15, -0.1) is 0 Å². The molecule has 0 unspecified atom stereocenters. The van der Waals surface area contributed by atoms with E-state index in [0.29, 0.717) is 26.2 Å². The van der Waals surface area contributed by atoms with Crippen LogP contribution in [0.15, 0.2) is 18.2 Å². The Morgan fingerprint density at radius 1 is 1.11 bits per heavy atom. The number of aryl methyl sites for hydroxylation is 1. The highest BCUT2D eigenvalue weighted by Crippen LogP contribution is 2.31. The maximum atomic E-state index is 12.5. The molecular formula is C19H22N4O3S. The Kier molecular flexibility index (Phi) is 4.82. The van der Waals surface area contributed by atoms with E-state index in [9.17, 15) is 14.4 Å². The number of rotatable bonds is 4. The number of amides is 3. The van der Waals surface area contributed by atoms with E-state index in [1.807, 2.05) is 0 Å². The van der Waals surface area contributed by atoms with E-state index in [-0.39, 0.29) is 37.1 Å². The van der Waals surface area contributed by atoms with E-state index < -0.39 is 0 Å². The third-order valence-electron chi connectivity index (χ3n) is 5.22. The number of hydrogen-bond donors (Lipinski definition) is 0. The summed E-state index contributed by atoms with van der Waals surface area (Å²) in [6.07, 6.45) is 1.39. The number of nitrogens with zero attached hydrogens (tertiary/aromatic N) is 4. The second-order valence-electron chi connectivity index (χ2n) is 6.86. The number of likely N-dealkylation sites (tertiary alicyclic amines) is 1. The van der Waals surface area contributed by atoms with Crippen LogP contribution < -0.4 is 4.90 Å². The van der Waals surface area contributed by atoms with Crippen molar-refractivity contribution in [3.05, 3.63) is 23.8 Å². The minimum absolute atomic E-state index is 0.126. The molecule has 27 heavy (non-hydrogen) atoms. The molecule has 3 heterocycles. The van der Waals surface area contributed by atoms with Crippen LogP contribution in [-0.2, 0) is 20.8 Å². The summed E-state index contributed by atoms with van der Waals surface area (Å²) in [6.45, 7) is 4.56. The molecule has 0 aliphatic carbocycles. The van der Waals surface area contributed by atoms with Gasteiger partial charge in [0.05, 0.1) is 10.2 Å². The molecule has 8 heteroatoms. The van der Waals surface area contributed by atoms with Gasteiger partial charge < -0.3 is 9.80 Å². The van der Waals surface area contributed by atoms with Crippen molar-refractivity contribution in [1.29, 1.82) is 0 Å². The number of fused-ring (bicyclic) bond motifs is 1. The molecule has 1 aromatic heterocycles. The van der Waals surface area contributed by atoms with Gasteiger partial charge in [0.15, 0.2) is 5.13 Å². The summed E-state index contributed by atoms with van der Waals surface area (Å²) in [6, 6.07) is 6.28. The molecule has 0 spiro atoms. The van der Waals surface area contributed by atoms with Crippen molar-refractivity contribution < 1.29 is 14.4 Å². The molecule has 7 nitrogen and oxygen atoms in total. The van der Waals surface area contributed by atoms with Crippen LogP contribution in [0.4, 0.5) is 5.13 Å². The van der Waals surface area contributed by atoms with Gasteiger partial charge in [-0.2, -0.15) is 0 Å². The Bertz CT molecular complexity index is 885. The van der Waals surface area contributed by atoms with Crippen LogP contribution in [0, 0.1) is 0 Å². The van der Waals surface area contributed by atoms with E-state index in [4.69, 9.17) is 4.98 Å². The minimum atomic E-state index is -0.242. The fourth-order valence-electron chi connectivity index (χ4n) is 3.60. The van der Waals surface area contributed by atoms with Crippen LogP contribution in [0.25, 0.3) is 10.2 Å². The summed E-state index contributed by atoms with van der Waals surface area (Å²) in [7, 11) is 0. The SMILES string of the molecule is CCc1cccc2sc(N3CCN(C(=O)CN4C(=O)CCC4=O)CC3)nc12. The summed E-state index contributed by atoms with van der Waals surface area (Å²) in [5.41, 5.74) is 2.33. The van der Waals surface area contributed by atoms with Gasteiger partial charge in [-0.05, 0) is 18.1 Å². The van der Waals surface area contributed by atoms with Gasteiger partial charge in [0, 0.05) is 39.0 Å². The zero-order chi connectivity index (χ0) is 19.0. The molecule has 0 bridgehead atoms. The zero-order valence-corrected chi connectivity index (χ0v) is 16.1. The molecule has 0 N–H and O–H groups in total. The number of thiazole rings is 1. The number of aromatic nitrogens is 1. The summed E-state index contributed by atoms with van der Waals surface area (Å²) >= 11 is 1.68. The van der Waals surface area contributed by atoms with Gasteiger partial charge >= 0.3 is 0 Å². The average molecular weight is 386 g/mol. The third kappa shape index (κ3) is 3.41. The predicted molar refractivity (Wildman–Crippen MR) is 104 cm³/mol. The molecular weight excluding hydrogens is 364 g/mol. The second-order valence-corrected chi connectivity index (χ2v) is 7.86. The number of carbonyl (C=O) groups excluding carboxylic acids is 3. The van der Waals surface area contributed by atoms with Crippen molar-refractivity contribution in [3.63, 3.8) is 0 Å². The summed E-state index contributed by atoms with van der Waals surface area (Å²) in [4.78, 5) is 45.7.